The molecule has 27 heavy (non-hydrogen) atoms. The maximum Gasteiger partial charge on any atom is 0.289 e. The predicted octanol–water partition coefficient (Wildman–Crippen LogP) is 2.69. The van der Waals surface area contributed by atoms with Gasteiger partial charge in [-0.05, 0) is 49.1 Å². The van der Waals surface area contributed by atoms with Crippen LogP contribution in [0.2, 0.25) is 0 Å². The molecule has 0 radical (unpaired) electrons. The van der Waals surface area contributed by atoms with Crippen molar-refractivity contribution in [3.05, 3.63) is 58.1 Å². The summed E-state index contributed by atoms with van der Waals surface area (Å²) >= 11 is 0. The molecule has 0 saturated heterocycles. The van der Waals surface area contributed by atoms with Gasteiger partial charge in [-0.1, -0.05) is 12.1 Å². The van der Waals surface area contributed by atoms with Crippen LogP contribution in [0.1, 0.15) is 18.4 Å². The van der Waals surface area contributed by atoms with Crippen molar-refractivity contribution in [1.82, 2.24) is 0 Å². The molecule has 0 spiro atoms. The monoisotopic (exact) mass is 387 g/mol. The van der Waals surface area contributed by atoms with E-state index in [-0.39, 0.29) is 16.7 Å². The molecule has 9 heteroatoms. The third-order valence-electron chi connectivity index (χ3n) is 4.77. The van der Waals surface area contributed by atoms with E-state index in [0.717, 1.165) is 30.2 Å². The first-order valence-electron chi connectivity index (χ1n) is 8.57. The molecule has 4 rings (SSSR count). The van der Waals surface area contributed by atoms with Crippen LogP contribution >= 0.6 is 0 Å². The molecule has 0 bridgehead atoms. The minimum absolute atomic E-state index is 0.118. The Labute approximate surface area is 156 Å². The Hall–Kier alpha value is -2.94. The van der Waals surface area contributed by atoms with E-state index in [1.54, 1.807) is 23.1 Å². The molecular weight excluding hydrogens is 370 g/mol. The SMILES string of the molecule is O=C(C1CC1)N1CCc2cc(NS(=O)(=O)c3ccccc3[N+](=O)[O-])ccc21. The highest BCUT2D eigenvalue weighted by atomic mass is 32.2. The van der Waals surface area contributed by atoms with E-state index < -0.39 is 20.6 Å². The normalized spacial score (nSPS) is 16.1. The molecule has 2 aliphatic rings. The smallest absolute Gasteiger partial charge is 0.289 e. The summed E-state index contributed by atoms with van der Waals surface area (Å²) in [6.07, 6.45) is 2.51. The third kappa shape index (κ3) is 3.25. The largest absolute Gasteiger partial charge is 0.312 e. The first-order valence-corrected chi connectivity index (χ1v) is 10.1. The van der Waals surface area contributed by atoms with E-state index in [4.69, 9.17) is 0 Å². The lowest BCUT2D eigenvalue weighted by atomic mass is 10.1. The molecular formula is C18H17N3O5S. The van der Waals surface area contributed by atoms with E-state index in [1.807, 2.05) is 0 Å². The molecule has 1 aliphatic carbocycles. The number of hydrogen-bond acceptors (Lipinski definition) is 5. The molecule has 1 aliphatic heterocycles. The molecule has 1 saturated carbocycles. The number of nitro groups is 1. The summed E-state index contributed by atoms with van der Waals surface area (Å²) in [7, 11) is -4.11. The van der Waals surface area contributed by atoms with E-state index >= 15 is 0 Å². The number of anilines is 2. The highest BCUT2D eigenvalue weighted by molar-refractivity contribution is 7.92. The van der Waals surface area contributed by atoms with Gasteiger partial charge in [0, 0.05) is 29.9 Å². The fraction of sp³-hybridized carbons (Fsp3) is 0.278. The Balaban J connectivity index is 1.61. The number of benzene rings is 2. The number of sulfonamides is 1. The van der Waals surface area contributed by atoms with Crippen molar-refractivity contribution in [1.29, 1.82) is 0 Å². The number of carbonyl (C=O) groups is 1. The number of nitro benzene ring substituents is 1. The van der Waals surface area contributed by atoms with Crippen molar-refractivity contribution in [3.63, 3.8) is 0 Å². The van der Waals surface area contributed by atoms with E-state index in [9.17, 15) is 23.3 Å². The van der Waals surface area contributed by atoms with Crippen LogP contribution in [0.4, 0.5) is 17.1 Å². The number of amides is 1. The summed E-state index contributed by atoms with van der Waals surface area (Å²) in [5.41, 5.74) is 1.52. The molecule has 1 amide bonds. The minimum atomic E-state index is -4.11. The number of carbonyl (C=O) groups excluding carboxylic acids is 1. The van der Waals surface area contributed by atoms with Gasteiger partial charge in [0.25, 0.3) is 15.7 Å². The van der Waals surface area contributed by atoms with Crippen molar-refractivity contribution >= 4 is 33.0 Å². The summed E-state index contributed by atoms with van der Waals surface area (Å²) in [5.74, 6) is 0.245. The summed E-state index contributed by atoms with van der Waals surface area (Å²) in [5, 5.41) is 11.1. The summed E-state index contributed by atoms with van der Waals surface area (Å²) in [6, 6.07) is 10.2. The fourth-order valence-corrected chi connectivity index (χ4v) is 4.51. The Morgan fingerprint density at radius 1 is 1.19 bits per heavy atom. The van der Waals surface area contributed by atoms with Crippen LogP contribution in [0, 0.1) is 16.0 Å². The van der Waals surface area contributed by atoms with E-state index in [2.05, 4.69) is 4.72 Å². The Morgan fingerprint density at radius 2 is 1.93 bits per heavy atom. The van der Waals surface area contributed by atoms with Gasteiger partial charge in [0.15, 0.2) is 4.90 Å². The molecule has 0 aromatic heterocycles. The second-order valence-electron chi connectivity index (χ2n) is 6.69. The lowest BCUT2D eigenvalue weighted by molar-refractivity contribution is -0.387. The molecule has 0 unspecified atom stereocenters. The summed E-state index contributed by atoms with van der Waals surface area (Å²) < 4.78 is 27.6. The number of nitrogens with one attached hydrogen (secondary N) is 1. The number of nitrogens with zero attached hydrogens (tertiary/aromatic N) is 2. The van der Waals surface area contributed by atoms with E-state index in [1.165, 1.54) is 18.2 Å². The number of fused-ring (bicyclic) bond motifs is 1. The lowest BCUT2D eigenvalue weighted by Crippen LogP contribution is -2.30. The van der Waals surface area contributed by atoms with Crippen LogP contribution < -0.4 is 9.62 Å². The van der Waals surface area contributed by atoms with Crippen molar-refractivity contribution in [2.45, 2.75) is 24.2 Å². The third-order valence-corrected chi connectivity index (χ3v) is 6.20. The number of rotatable bonds is 5. The molecule has 0 atom stereocenters. The van der Waals surface area contributed by atoms with Gasteiger partial charge in [-0.2, -0.15) is 0 Å². The van der Waals surface area contributed by atoms with Gasteiger partial charge >= 0.3 is 0 Å². The highest BCUT2D eigenvalue weighted by Gasteiger charge is 2.36. The molecule has 1 N–H and O–H groups in total. The Bertz CT molecular complexity index is 1050. The first-order chi connectivity index (χ1) is 12.9. The Kier molecular flexibility index (Phi) is 4.11. The molecule has 8 nitrogen and oxygen atoms in total. The van der Waals surface area contributed by atoms with Gasteiger partial charge in [-0.25, -0.2) is 8.42 Å². The zero-order valence-corrected chi connectivity index (χ0v) is 15.1. The second-order valence-corrected chi connectivity index (χ2v) is 8.34. The van der Waals surface area contributed by atoms with Gasteiger partial charge in [-0.15, -0.1) is 0 Å². The van der Waals surface area contributed by atoms with Crippen LogP contribution in [0.3, 0.4) is 0 Å². The zero-order chi connectivity index (χ0) is 19.2. The van der Waals surface area contributed by atoms with E-state index in [0.29, 0.717) is 18.7 Å². The topological polar surface area (TPSA) is 110 Å². The quantitative estimate of drug-likeness (QED) is 0.626. The predicted molar refractivity (Wildman–Crippen MR) is 99.1 cm³/mol. The van der Waals surface area contributed by atoms with Crippen LogP contribution in [-0.4, -0.2) is 25.8 Å². The average Bonchev–Trinajstić information content (AvgIpc) is 3.40. The van der Waals surface area contributed by atoms with Gasteiger partial charge in [0.2, 0.25) is 5.91 Å². The van der Waals surface area contributed by atoms with Gasteiger partial charge in [0.1, 0.15) is 0 Å². The van der Waals surface area contributed by atoms with Crippen molar-refractivity contribution in [2.75, 3.05) is 16.2 Å². The average molecular weight is 387 g/mol. The van der Waals surface area contributed by atoms with Crippen molar-refractivity contribution in [3.8, 4) is 0 Å². The summed E-state index contributed by atoms with van der Waals surface area (Å²) in [4.78, 5) is 24.1. The Morgan fingerprint density at radius 3 is 2.63 bits per heavy atom. The highest BCUT2D eigenvalue weighted by Crippen LogP contribution is 2.37. The molecule has 2 aromatic carbocycles. The summed E-state index contributed by atoms with van der Waals surface area (Å²) in [6.45, 7) is 0.588. The molecule has 2 aromatic rings. The molecule has 1 heterocycles. The zero-order valence-electron chi connectivity index (χ0n) is 14.3. The van der Waals surface area contributed by atoms with Crippen LogP contribution in [0.15, 0.2) is 47.4 Å². The van der Waals surface area contributed by atoms with Crippen molar-refractivity contribution in [2.24, 2.45) is 5.92 Å². The van der Waals surface area contributed by atoms with Gasteiger partial charge in [-0.3, -0.25) is 19.6 Å². The molecule has 1 fully saturated rings. The first kappa shape index (κ1) is 17.5. The number of hydrogen-bond donors (Lipinski definition) is 1. The van der Waals surface area contributed by atoms with Crippen LogP contribution in [-0.2, 0) is 21.2 Å². The maximum atomic E-state index is 12.6. The van der Waals surface area contributed by atoms with Crippen LogP contribution in [0.25, 0.3) is 0 Å². The standard InChI is InChI=1S/C18H17N3O5S/c22-18(12-5-6-12)20-10-9-13-11-14(7-8-15(13)20)19-27(25,26)17-4-2-1-3-16(17)21(23)24/h1-4,7-8,11-12,19H,5-6,9-10H2. The minimum Gasteiger partial charge on any atom is -0.312 e. The van der Waals surface area contributed by atoms with Crippen LogP contribution in [0.5, 0.6) is 0 Å². The number of para-hydroxylation sites is 1. The second kappa shape index (κ2) is 6.34. The molecule has 140 valence electrons. The van der Waals surface area contributed by atoms with Gasteiger partial charge in [0.05, 0.1) is 4.92 Å². The lowest BCUT2D eigenvalue weighted by Gasteiger charge is -2.17. The fourth-order valence-electron chi connectivity index (χ4n) is 3.29. The van der Waals surface area contributed by atoms with Crippen molar-refractivity contribution < 1.29 is 18.1 Å². The van der Waals surface area contributed by atoms with Gasteiger partial charge < -0.3 is 4.90 Å². The maximum absolute atomic E-state index is 12.6.